The Morgan fingerprint density at radius 3 is 0.688 bits per heavy atom. The highest BCUT2D eigenvalue weighted by molar-refractivity contribution is 5.45. The third kappa shape index (κ3) is 10.5. The van der Waals surface area contributed by atoms with Gasteiger partial charge in [-0.25, -0.2) is 0 Å². The van der Waals surface area contributed by atoms with Gasteiger partial charge < -0.3 is 0 Å². The molecule has 12 aliphatic carbocycles. The minimum atomic E-state index is 0.376. The lowest BCUT2D eigenvalue weighted by atomic mass is 9.01. The summed E-state index contributed by atoms with van der Waals surface area (Å²) < 4.78 is 0. The van der Waals surface area contributed by atoms with Gasteiger partial charge in [-0.05, 0) is 195 Å². The number of hydrogen-bond acceptors (Lipinski definition) is 0. The summed E-state index contributed by atoms with van der Waals surface area (Å²) in [7, 11) is 0. The highest BCUT2D eigenvalue weighted by Gasteiger charge is 2.98. The zero-order chi connectivity index (χ0) is 57.9. The van der Waals surface area contributed by atoms with Crippen LogP contribution in [0.15, 0.2) is 0 Å². The average molecular weight is 1070 g/mol. The first kappa shape index (κ1) is 67.8. The minimum Gasteiger partial charge on any atom is -0.0683 e. The smallest absolute Gasteiger partial charge is 0.0213 e. The van der Waals surface area contributed by atoms with Crippen molar-refractivity contribution < 1.29 is 0 Å². The first-order valence-electron chi connectivity index (χ1n) is 36.5. The molecule has 0 saturated heterocycles. The molecule has 454 valence electrons. The van der Waals surface area contributed by atoms with Crippen molar-refractivity contribution in [3.63, 3.8) is 0 Å². The van der Waals surface area contributed by atoms with Crippen LogP contribution in [0.5, 0.6) is 0 Å². The quantitative estimate of drug-likeness (QED) is 0.0564. The Labute approximate surface area is 487 Å². The number of rotatable bonds is 34. The van der Waals surface area contributed by atoms with E-state index in [9.17, 15) is 0 Å². The van der Waals surface area contributed by atoms with Crippen LogP contribution in [0, 0.1) is 144 Å². The standard InChI is InChI=1S/C29H60.C28H58.2C8H8.2C2H6/c1-12-16-21-26(7,8)28(10,23-18-14-3)29(11,24-19-20-25(5)6)27(9,15-4)22-17-13-2;1-11-16-20-21-25(6,7)27(9,23-18-13-3)28(10,24-19-14-4)26(8,15-5)22-17-12-2;2*1-2-5-3(1)7-4(1)6(2)8(5)7;2*1-2/h25H,12-24H2,1-11H3;11-24H2,1-10H3;2*1-8H;2*1-2H3. The maximum absolute atomic E-state index is 2.73. The molecule has 0 amide bonds. The summed E-state index contributed by atoms with van der Waals surface area (Å²) >= 11 is 0. The van der Waals surface area contributed by atoms with Crippen LogP contribution in [0.4, 0.5) is 0 Å². The van der Waals surface area contributed by atoms with Gasteiger partial charge >= 0.3 is 0 Å². The molecule has 0 heterocycles. The molecule has 0 spiro atoms. The Morgan fingerprint density at radius 2 is 0.455 bits per heavy atom. The summed E-state index contributed by atoms with van der Waals surface area (Å²) in [6.07, 6.45) is 36.8. The SMILES string of the molecule is C12C3C4C1C1C2C3C41.C12C3C4C1C1C2C3C41.CC.CC.CCCCC(C)(C)C(C)(CCCC)C(C)(CCCC(C)C)C(C)(CC)CCCC.CCCCCC(C)(C)C(C)(CCCC)C(C)(CCCC)C(C)(CC)CCCC. The van der Waals surface area contributed by atoms with Gasteiger partial charge in [-0.15, -0.1) is 0 Å². The van der Waals surface area contributed by atoms with Crippen LogP contribution in [0.2, 0.25) is 0 Å². The van der Waals surface area contributed by atoms with Crippen LogP contribution < -0.4 is 0 Å². The zero-order valence-electron chi connectivity index (χ0n) is 57.9. The summed E-state index contributed by atoms with van der Waals surface area (Å²) in [6.45, 7) is 61.0. The van der Waals surface area contributed by atoms with Crippen LogP contribution >= 0.6 is 0 Å². The predicted octanol–water partition coefficient (Wildman–Crippen LogP) is 25.5. The second kappa shape index (κ2) is 26.9. The van der Waals surface area contributed by atoms with Gasteiger partial charge in [-0.1, -0.05) is 295 Å². The largest absolute Gasteiger partial charge is 0.0683 e. The molecule has 6 unspecified atom stereocenters. The van der Waals surface area contributed by atoms with Gasteiger partial charge in [0.25, 0.3) is 0 Å². The summed E-state index contributed by atoms with van der Waals surface area (Å²) in [5, 5.41) is 0. The van der Waals surface area contributed by atoms with Crippen molar-refractivity contribution in [3.05, 3.63) is 0 Å². The molecule has 12 aliphatic rings. The van der Waals surface area contributed by atoms with E-state index < -0.39 is 0 Å². The second-order valence-electron chi connectivity index (χ2n) is 32.5. The third-order valence-corrected chi connectivity index (χ3v) is 29.6. The van der Waals surface area contributed by atoms with Crippen LogP contribution in [-0.2, 0) is 0 Å². The Kier molecular flexibility index (Phi) is 23.7. The molecule has 0 aromatic rings. The van der Waals surface area contributed by atoms with Crippen molar-refractivity contribution in [2.45, 2.75) is 346 Å². The van der Waals surface area contributed by atoms with E-state index in [-0.39, 0.29) is 0 Å². The highest BCUT2D eigenvalue weighted by Crippen LogP contribution is 3.01. The van der Waals surface area contributed by atoms with Crippen molar-refractivity contribution in [1.29, 1.82) is 0 Å². The van der Waals surface area contributed by atoms with E-state index in [0.717, 1.165) is 5.92 Å². The molecule has 12 rings (SSSR count). The molecule has 0 aliphatic heterocycles. The van der Waals surface area contributed by atoms with Crippen LogP contribution in [-0.4, -0.2) is 0 Å². The lowest BCUT2D eigenvalue weighted by molar-refractivity contribution is -0.565. The van der Waals surface area contributed by atoms with Gasteiger partial charge in [0.05, 0.1) is 0 Å². The molecule has 12 fully saturated rings. The number of hydrogen-bond donors (Lipinski definition) is 0. The molecule has 0 aromatic carbocycles. The van der Waals surface area contributed by atoms with Gasteiger partial charge in [0.2, 0.25) is 0 Å². The fourth-order valence-electron chi connectivity index (χ4n) is 23.0. The minimum absolute atomic E-state index is 0.376. The van der Waals surface area contributed by atoms with E-state index in [1.165, 1.54) is 268 Å². The molecule has 0 radical (unpaired) electrons. The second-order valence-corrected chi connectivity index (χ2v) is 32.5. The molecule has 0 aromatic heterocycles. The van der Waals surface area contributed by atoms with Crippen LogP contribution in [0.25, 0.3) is 0 Å². The maximum atomic E-state index is 2.73. The van der Waals surface area contributed by atoms with Crippen molar-refractivity contribution in [2.75, 3.05) is 0 Å². The van der Waals surface area contributed by atoms with E-state index in [0.29, 0.717) is 43.3 Å². The average Bonchev–Trinajstić information content (AvgIpc) is 3.45. The summed E-state index contributed by atoms with van der Waals surface area (Å²) in [6, 6.07) is 0. The van der Waals surface area contributed by atoms with Crippen LogP contribution in [0.1, 0.15) is 346 Å². The molecule has 0 N–H and O–H groups in total. The summed E-state index contributed by atoms with van der Waals surface area (Å²) in [5.41, 5.74) is 3.17. The van der Waals surface area contributed by atoms with Crippen molar-refractivity contribution in [1.82, 2.24) is 0 Å². The van der Waals surface area contributed by atoms with Gasteiger partial charge in [-0.2, -0.15) is 0 Å². The molecular formula is C77H146. The zero-order valence-corrected chi connectivity index (χ0v) is 57.9. The van der Waals surface area contributed by atoms with Crippen LogP contribution in [0.3, 0.4) is 0 Å². The van der Waals surface area contributed by atoms with E-state index in [1.807, 2.05) is 27.7 Å². The van der Waals surface area contributed by atoms with Gasteiger partial charge in [0.15, 0.2) is 0 Å². The lowest BCUT2D eigenvalue weighted by Gasteiger charge is -3.03. The van der Waals surface area contributed by atoms with E-state index in [1.54, 1.807) is 0 Å². The molecule has 6 atom stereocenters. The number of unbranched alkanes of at least 4 members (excludes halogenated alkanes) is 8. The maximum Gasteiger partial charge on any atom is -0.0213 e. The van der Waals surface area contributed by atoms with Gasteiger partial charge in [0, 0.05) is 0 Å². The fraction of sp³-hybridized carbons (Fsp3) is 1.00. The van der Waals surface area contributed by atoms with Crippen molar-refractivity contribution in [2.24, 2.45) is 144 Å². The molecule has 77 heavy (non-hydrogen) atoms. The monoisotopic (exact) mass is 1070 g/mol. The first-order valence-corrected chi connectivity index (χ1v) is 36.5. The van der Waals surface area contributed by atoms with E-state index in [2.05, 4.69) is 145 Å². The molecular weight excluding hydrogens is 925 g/mol. The third-order valence-electron chi connectivity index (χ3n) is 29.6. The van der Waals surface area contributed by atoms with Crippen molar-refractivity contribution >= 4 is 0 Å². The lowest BCUT2D eigenvalue weighted by Crippen LogP contribution is -3.00. The summed E-state index contributed by atoms with van der Waals surface area (Å²) in [4.78, 5) is 0. The van der Waals surface area contributed by atoms with Crippen molar-refractivity contribution in [3.8, 4) is 0 Å². The van der Waals surface area contributed by atoms with E-state index in [4.69, 9.17) is 0 Å². The normalized spacial score (nSPS) is 36.7. The molecule has 0 heteroatoms. The predicted molar refractivity (Wildman–Crippen MR) is 345 cm³/mol. The molecule has 0 nitrogen and oxygen atoms in total. The first-order chi connectivity index (χ1) is 36.5. The fourth-order valence-corrected chi connectivity index (χ4v) is 23.0. The molecule has 0 bridgehead atoms. The Hall–Kier alpha value is 0. The Morgan fingerprint density at radius 1 is 0.247 bits per heavy atom. The van der Waals surface area contributed by atoms with Gasteiger partial charge in [-0.3, -0.25) is 0 Å². The Balaban J connectivity index is 0.000000204. The topological polar surface area (TPSA) is 0 Å². The highest BCUT2D eigenvalue weighted by atomic mass is 15.0. The van der Waals surface area contributed by atoms with Gasteiger partial charge in [0.1, 0.15) is 0 Å². The Bertz CT molecular complexity index is 1480. The van der Waals surface area contributed by atoms with E-state index >= 15 is 0 Å². The molecule has 12 saturated carbocycles. The summed E-state index contributed by atoms with van der Waals surface area (Å²) in [5.74, 6) is 22.2.